The number of benzene rings is 2. The molecule has 1 aromatic heterocycles. The topological polar surface area (TPSA) is 57.2 Å². The highest BCUT2D eigenvalue weighted by atomic mass is 16.5. The van der Waals surface area contributed by atoms with Gasteiger partial charge in [-0.1, -0.05) is 36.4 Å². The quantitative estimate of drug-likeness (QED) is 0.723. The third kappa shape index (κ3) is 2.36. The number of carbonyl (C=O) groups is 1. The highest BCUT2D eigenvalue weighted by Crippen LogP contribution is 2.19. The Hall–Kier alpha value is -2.75. The highest BCUT2D eigenvalue weighted by molar-refractivity contribution is 5.91. The van der Waals surface area contributed by atoms with Gasteiger partial charge in [0.05, 0.1) is 5.52 Å². The van der Waals surface area contributed by atoms with Crippen LogP contribution in [0, 0.1) is 0 Å². The lowest BCUT2D eigenvalue weighted by Gasteiger charge is -2.07. The van der Waals surface area contributed by atoms with Crippen LogP contribution in [0.1, 0.15) is 5.56 Å². The van der Waals surface area contributed by atoms with Crippen molar-refractivity contribution in [3.05, 3.63) is 66.4 Å². The van der Waals surface area contributed by atoms with Crippen molar-refractivity contribution >= 4 is 22.7 Å². The van der Waals surface area contributed by atoms with E-state index in [0.717, 1.165) is 16.5 Å². The summed E-state index contributed by atoms with van der Waals surface area (Å²) in [5, 5.41) is 0.955. The van der Waals surface area contributed by atoms with Crippen LogP contribution in [0.4, 0.5) is 10.5 Å². The Labute approximate surface area is 116 Å². The van der Waals surface area contributed by atoms with Crippen LogP contribution in [-0.4, -0.2) is 10.7 Å². The second-order valence-electron chi connectivity index (χ2n) is 4.54. The molecule has 2 aromatic carbocycles. The van der Waals surface area contributed by atoms with Gasteiger partial charge in [0, 0.05) is 17.3 Å². The second kappa shape index (κ2) is 5.09. The number of fused-ring (bicyclic) bond motifs is 1. The zero-order valence-corrected chi connectivity index (χ0v) is 10.8. The largest absolute Gasteiger partial charge is 0.444 e. The summed E-state index contributed by atoms with van der Waals surface area (Å²) >= 11 is 0. The molecule has 3 aromatic rings. The molecule has 0 saturated heterocycles. The summed E-state index contributed by atoms with van der Waals surface area (Å²) in [5.41, 5.74) is 8.08. The molecule has 0 bridgehead atoms. The monoisotopic (exact) mass is 266 g/mol. The zero-order chi connectivity index (χ0) is 13.9. The number of anilines is 1. The van der Waals surface area contributed by atoms with E-state index < -0.39 is 6.09 Å². The van der Waals surface area contributed by atoms with E-state index >= 15 is 0 Å². The molecule has 0 aliphatic heterocycles. The van der Waals surface area contributed by atoms with Crippen molar-refractivity contribution in [1.29, 1.82) is 0 Å². The summed E-state index contributed by atoms with van der Waals surface area (Å²) in [6.07, 6.45) is 1.28. The highest BCUT2D eigenvalue weighted by Gasteiger charge is 2.10. The summed E-state index contributed by atoms with van der Waals surface area (Å²) in [7, 11) is 0. The Kier molecular flexibility index (Phi) is 3.13. The van der Waals surface area contributed by atoms with Gasteiger partial charge in [0.2, 0.25) is 0 Å². The molecule has 3 rings (SSSR count). The number of carbonyl (C=O) groups excluding carboxylic acids is 1. The first-order valence-corrected chi connectivity index (χ1v) is 6.32. The minimum atomic E-state index is -0.408. The summed E-state index contributed by atoms with van der Waals surface area (Å²) < 4.78 is 6.77. The third-order valence-electron chi connectivity index (χ3n) is 3.12. The van der Waals surface area contributed by atoms with Gasteiger partial charge in [0.25, 0.3) is 0 Å². The number of ether oxygens (including phenoxy) is 1. The molecule has 100 valence electrons. The maximum absolute atomic E-state index is 12.1. The average Bonchev–Trinajstić information content (AvgIpc) is 2.89. The number of rotatable bonds is 2. The van der Waals surface area contributed by atoms with Gasteiger partial charge in [-0.05, 0) is 23.8 Å². The van der Waals surface area contributed by atoms with Crippen molar-refractivity contribution in [2.75, 3.05) is 5.73 Å². The van der Waals surface area contributed by atoms with Crippen molar-refractivity contribution in [3.8, 4) is 0 Å². The van der Waals surface area contributed by atoms with Gasteiger partial charge in [-0.2, -0.15) is 0 Å². The van der Waals surface area contributed by atoms with Crippen molar-refractivity contribution in [1.82, 2.24) is 4.57 Å². The Morgan fingerprint density at radius 2 is 1.90 bits per heavy atom. The first kappa shape index (κ1) is 12.3. The molecule has 0 fully saturated rings. The molecule has 0 saturated carbocycles. The van der Waals surface area contributed by atoms with E-state index in [1.165, 1.54) is 4.57 Å². The van der Waals surface area contributed by atoms with Crippen LogP contribution in [0.25, 0.3) is 10.9 Å². The lowest BCUT2D eigenvalue weighted by atomic mass is 10.2. The Morgan fingerprint density at radius 3 is 2.70 bits per heavy atom. The molecule has 0 atom stereocenters. The third-order valence-corrected chi connectivity index (χ3v) is 3.12. The molecule has 0 aliphatic carbocycles. The summed E-state index contributed by atoms with van der Waals surface area (Å²) in [6.45, 7) is 0.252. The standard InChI is InChI=1S/C16H14N2O2/c17-14-7-6-13-8-9-18(15(13)10-14)16(19)20-11-12-4-2-1-3-5-12/h1-10H,11,17H2. The van der Waals surface area contributed by atoms with Gasteiger partial charge in [0.1, 0.15) is 6.61 Å². The molecule has 4 nitrogen and oxygen atoms in total. The number of nitrogen functional groups attached to an aromatic ring is 1. The molecule has 0 radical (unpaired) electrons. The van der Waals surface area contributed by atoms with Gasteiger partial charge in [-0.25, -0.2) is 4.79 Å². The molecular formula is C16H14N2O2. The van der Waals surface area contributed by atoms with E-state index in [2.05, 4.69) is 0 Å². The van der Waals surface area contributed by atoms with E-state index in [4.69, 9.17) is 10.5 Å². The minimum absolute atomic E-state index is 0.252. The predicted molar refractivity (Wildman–Crippen MR) is 78.4 cm³/mol. The number of aromatic nitrogens is 1. The van der Waals surface area contributed by atoms with Crippen LogP contribution in [0.15, 0.2) is 60.8 Å². The average molecular weight is 266 g/mol. The van der Waals surface area contributed by atoms with E-state index in [1.807, 2.05) is 48.5 Å². The number of hydrogen-bond donors (Lipinski definition) is 1. The number of nitrogens with two attached hydrogens (primary N) is 1. The van der Waals surface area contributed by atoms with Crippen LogP contribution >= 0.6 is 0 Å². The SMILES string of the molecule is Nc1ccc2ccn(C(=O)OCc3ccccc3)c2c1. The Bertz CT molecular complexity index is 748. The first-order valence-electron chi connectivity index (χ1n) is 6.32. The zero-order valence-electron chi connectivity index (χ0n) is 10.8. The van der Waals surface area contributed by atoms with E-state index in [-0.39, 0.29) is 6.61 Å². The Balaban J connectivity index is 1.80. The molecular weight excluding hydrogens is 252 g/mol. The Morgan fingerprint density at radius 1 is 1.10 bits per heavy atom. The molecule has 0 spiro atoms. The lowest BCUT2D eigenvalue weighted by Crippen LogP contribution is -2.12. The van der Waals surface area contributed by atoms with Crippen LogP contribution in [0.2, 0.25) is 0 Å². The van der Waals surface area contributed by atoms with Gasteiger partial charge in [0.15, 0.2) is 0 Å². The fourth-order valence-electron chi connectivity index (χ4n) is 2.09. The van der Waals surface area contributed by atoms with Crippen LogP contribution in [0.5, 0.6) is 0 Å². The van der Waals surface area contributed by atoms with Gasteiger partial charge in [-0.3, -0.25) is 4.57 Å². The van der Waals surface area contributed by atoms with Gasteiger partial charge >= 0.3 is 6.09 Å². The first-order chi connectivity index (χ1) is 9.74. The normalized spacial score (nSPS) is 10.6. The molecule has 0 aliphatic rings. The molecule has 1 heterocycles. The van der Waals surface area contributed by atoms with E-state index in [9.17, 15) is 4.79 Å². The van der Waals surface area contributed by atoms with E-state index in [0.29, 0.717) is 5.69 Å². The molecule has 2 N–H and O–H groups in total. The van der Waals surface area contributed by atoms with Crippen LogP contribution in [-0.2, 0) is 11.3 Å². The van der Waals surface area contributed by atoms with E-state index in [1.54, 1.807) is 12.3 Å². The lowest BCUT2D eigenvalue weighted by molar-refractivity contribution is 0.142. The molecule has 0 unspecified atom stereocenters. The predicted octanol–water partition coefficient (Wildman–Crippen LogP) is 3.41. The summed E-state index contributed by atoms with van der Waals surface area (Å²) in [4.78, 5) is 12.1. The second-order valence-corrected chi connectivity index (χ2v) is 4.54. The minimum Gasteiger partial charge on any atom is -0.444 e. The van der Waals surface area contributed by atoms with Gasteiger partial charge in [-0.15, -0.1) is 0 Å². The number of hydrogen-bond acceptors (Lipinski definition) is 3. The summed E-state index contributed by atoms with van der Waals surface area (Å²) in [5.74, 6) is 0. The smallest absolute Gasteiger partial charge is 0.418 e. The van der Waals surface area contributed by atoms with Crippen molar-refractivity contribution < 1.29 is 9.53 Å². The van der Waals surface area contributed by atoms with Crippen LogP contribution < -0.4 is 5.73 Å². The van der Waals surface area contributed by atoms with Crippen molar-refractivity contribution in [2.45, 2.75) is 6.61 Å². The van der Waals surface area contributed by atoms with Gasteiger partial charge < -0.3 is 10.5 Å². The van der Waals surface area contributed by atoms with Crippen molar-refractivity contribution in [3.63, 3.8) is 0 Å². The maximum atomic E-state index is 12.1. The van der Waals surface area contributed by atoms with Crippen LogP contribution in [0.3, 0.4) is 0 Å². The summed E-state index contributed by atoms with van der Waals surface area (Å²) in [6, 6.07) is 16.9. The fourth-order valence-corrected chi connectivity index (χ4v) is 2.09. The molecule has 4 heteroatoms. The molecule has 0 amide bonds. The fraction of sp³-hybridized carbons (Fsp3) is 0.0625. The number of nitrogens with zero attached hydrogens (tertiary/aromatic N) is 1. The maximum Gasteiger partial charge on any atom is 0.418 e. The van der Waals surface area contributed by atoms with Crippen molar-refractivity contribution in [2.24, 2.45) is 0 Å². The molecule has 20 heavy (non-hydrogen) atoms.